The zero-order chi connectivity index (χ0) is 13.5. The molecule has 4 nitrogen and oxygen atoms in total. The molecule has 0 radical (unpaired) electrons. The van der Waals surface area contributed by atoms with E-state index in [1.165, 1.54) is 0 Å². The second-order valence-corrected chi connectivity index (χ2v) is 5.09. The zero-order valence-corrected chi connectivity index (χ0v) is 12.0. The normalized spacial score (nSPS) is 12.2. The Hall–Kier alpha value is -1.07. The van der Waals surface area contributed by atoms with E-state index in [1.54, 1.807) is 18.2 Å². The molecule has 18 heavy (non-hydrogen) atoms. The third-order valence-corrected chi connectivity index (χ3v) is 3.65. The van der Waals surface area contributed by atoms with Crippen molar-refractivity contribution in [2.45, 2.75) is 19.8 Å². The fourth-order valence-corrected chi connectivity index (χ4v) is 1.90. The monoisotopic (exact) mass is 314 g/mol. The van der Waals surface area contributed by atoms with Gasteiger partial charge in [-0.25, -0.2) is 0 Å². The van der Waals surface area contributed by atoms with Crippen LogP contribution in [0.1, 0.15) is 30.1 Å². The Labute approximate surface area is 116 Å². The van der Waals surface area contributed by atoms with Crippen molar-refractivity contribution in [1.82, 2.24) is 5.32 Å². The molecule has 1 unspecified atom stereocenters. The number of carbonyl (C=O) groups excluding carboxylic acids is 1. The summed E-state index contributed by atoms with van der Waals surface area (Å²) in [5.74, 6) is 0.178. The summed E-state index contributed by atoms with van der Waals surface area (Å²) in [6.07, 6.45) is 1.64. The summed E-state index contributed by atoms with van der Waals surface area (Å²) < 4.78 is 0.783. The molecule has 0 saturated heterocycles. The third kappa shape index (κ3) is 4.31. The van der Waals surface area contributed by atoms with Gasteiger partial charge < -0.3 is 16.2 Å². The summed E-state index contributed by atoms with van der Waals surface area (Å²) in [7, 11) is 0. The van der Waals surface area contributed by atoms with Crippen LogP contribution in [0.3, 0.4) is 0 Å². The number of nitrogens with one attached hydrogen (secondary N) is 1. The van der Waals surface area contributed by atoms with Crippen LogP contribution in [0.15, 0.2) is 22.7 Å². The van der Waals surface area contributed by atoms with E-state index < -0.39 is 0 Å². The maximum Gasteiger partial charge on any atom is 0.251 e. The van der Waals surface area contributed by atoms with Gasteiger partial charge in [0.25, 0.3) is 5.91 Å². The van der Waals surface area contributed by atoms with Crippen molar-refractivity contribution in [2.75, 3.05) is 18.9 Å². The Kier molecular flexibility index (Phi) is 6.15. The summed E-state index contributed by atoms with van der Waals surface area (Å²) in [5.41, 5.74) is 6.83. The maximum atomic E-state index is 11.9. The smallest absolute Gasteiger partial charge is 0.251 e. The second kappa shape index (κ2) is 7.38. The van der Waals surface area contributed by atoms with E-state index in [0.717, 1.165) is 10.9 Å². The van der Waals surface area contributed by atoms with E-state index in [-0.39, 0.29) is 12.5 Å². The average Bonchev–Trinajstić information content (AvgIpc) is 2.37. The van der Waals surface area contributed by atoms with Gasteiger partial charge in [0.15, 0.2) is 0 Å². The van der Waals surface area contributed by atoms with Gasteiger partial charge in [0.2, 0.25) is 0 Å². The van der Waals surface area contributed by atoms with Gasteiger partial charge >= 0.3 is 0 Å². The Balaban J connectivity index is 2.57. The van der Waals surface area contributed by atoms with Crippen LogP contribution in [-0.2, 0) is 0 Å². The van der Waals surface area contributed by atoms with E-state index >= 15 is 0 Å². The van der Waals surface area contributed by atoms with Crippen LogP contribution >= 0.6 is 15.9 Å². The summed E-state index contributed by atoms with van der Waals surface area (Å²) in [5, 5.41) is 11.7. The van der Waals surface area contributed by atoms with Crippen molar-refractivity contribution in [3.05, 3.63) is 28.2 Å². The van der Waals surface area contributed by atoms with E-state index in [4.69, 9.17) is 10.8 Å². The minimum atomic E-state index is -0.134. The van der Waals surface area contributed by atoms with E-state index in [1.807, 2.05) is 6.92 Å². The lowest BCUT2D eigenvalue weighted by atomic mass is 10.0. The van der Waals surface area contributed by atoms with Gasteiger partial charge in [-0.15, -0.1) is 0 Å². The maximum absolute atomic E-state index is 11.9. The number of hydrogen-bond donors (Lipinski definition) is 3. The number of halogens is 1. The van der Waals surface area contributed by atoms with E-state index in [9.17, 15) is 4.79 Å². The molecule has 5 heteroatoms. The first-order valence-electron chi connectivity index (χ1n) is 6.02. The molecule has 0 aliphatic rings. The van der Waals surface area contributed by atoms with Crippen LogP contribution in [0.25, 0.3) is 0 Å². The number of rotatable bonds is 6. The average molecular weight is 315 g/mol. The predicted octanol–water partition coefficient (Wildman–Crippen LogP) is 2.17. The van der Waals surface area contributed by atoms with Crippen LogP contribution in [0, 0.1) is 5.92 Å². The molecule has 4 N–H and O–H groups in total. The highest BCUT2D eigenvalue weighted by Crippen LogP contribution is 2.20. The SMILES string of the molecule is CCC(CCO)CNC(=O)c1ccc(Br)c(N)c1. The minimum Gasteiger partial charge on any atom is -0.398 e. The molecule has 0 bridgehead atoms. The number of hydrogen-bond acceptors (Lipinski definition) is 3. The standard InChI is InChI=1S/C13H19BrN2O2/c1-2-9(5-6-17)8-16-13(18)10-3-4-11(14)12(15)7-10/h3-4,7,9,17H,2,5-6,8,15H2,1H3,(H,16,18). The number of anilines is 1. The molecule has 0 spiro atoms. The fourth-order valence-electron chi connectivity index (χ4n) is 1.66. The van der Waals surface area contributed by atoms with Crippen LogP contribution in [0.2, 0.25) is 0 Å². The van der Waals surface area contributed by atoms with E-state index in [2.05, 4.69) is 21.2 Å². The minimum absolute atomic E-state index is 0.134. The van der Waals surface area contributed by atoms with Crippen molar-refractivity contribution in [1.29, 1.82) is 0 Å². The van der Waals surface area contributed by atoms with Gasteiger partial charge in [-0.05, 0) is 46.5 Å². The number of nitrogen functional groups attached to an aromatic ring is 1. The Morgan fingerprint density at radius 1 is 1.56 bits per heavy atom. The van der Waals surface area contributed by atoms with Crippen LogP contribution in [-0.4, -0.2) is 24.2 Å². The van der Waals surface area contributed by atoms with Gasteiger partial charge in [-0.2, -0.15) is 0 Å². The Bertz CT molecular complexity index is 410. The lowest BCUT2D eigenvalue weighted by Crippen LogP contribution is -2.29. The first kappa shape index (κ1) is 15.0. The highest BCUT2D eigenvalue weighted by Gasteiger charge is 2.10. The number of benzene rings is 1. The molecule has 0 aromatic heterocycles. The summed E-state index contributed by atoms with van der Waals surface area (Å²) in [6.45, 7) is 2.77. The number of aliphatic hydroxyl groups is 1. The molecule has 1 aromatic rings. The summed E-state index contributed by atoms with van der Waals surface area (Å²) in [4.78, 5) is 11.9. The van der Waals surface area contributed by atoms with Crippen molar-refractivity contribution in [3.63, 3.8) is 0 Å². The second-order valence-electron chi connectivity index (χ2n) is 4.23. The molecule has 0 aliphatic carbocycles. The highest BCUT2D eigenvalue weighted by atomic mass is 79.9. The third-order valence-electron chi connectivity index (χ3n) is 2.92. The van der Waals surface area contributed by atoms with Crippen molar-refractivity contribution < 1.29 is 9.90 Å². The molecule has 1 aromatic carbocycles. The topological polar surface area (TPSA) is 75.3 Å². The molecule has 0 aliphatic heterocycles. The Morgan fingerprint density at radius 3 is 2.83 bits per heavy atom. The Morgan fingerprint density at radius 2 is 2.28 bits per heavy atom. The van der Waals surface area contributed by atoms with Crippen molar-refractivity contribution >= 4 is 27.5 Å². The number of carbonyl (C=O) groups is 1. The first-order valence-corrected chi connectivity index (χ1v) is 6.81. The largest absolute Gasteiger partial charge is 0.398 e. The number of nitrogens with two attached hydrogens (primary N) is 1. The lowest BCUT2D eigenvalue weighted by Gasteiger charge is -2.14. The number of aliphatic hydroxyl groups excluding tert-OH is 1. The molecule has 1 amide bonds. The van der Waals surface area contributed by atoms with Gasteiger partial charge in [-0.1, -0.05) is 13.3 Å². The predicted molar refractivity (Wildman–Crippen MR) is 76.4 cm³/mol. The molecular formula is C13H19BrN2O2. The van der Waals surface area contributed by atoms with Crippen molar-refractivity contribution in [3.8, 4) is 0 Å². The molecule has 0 heterocycles. The fraction of sp³-hybridized carbons (Fsp3) is 0.462. The van der Waals surface area contributed by atoms with Crippen LogP contribution in [0.5, 0.6) is 0 Å². The molecule has 0 fully saturated rings. The van der Waals surface area contributed by atoms with Crippen molar-refractivity contribution in [2.24, 2.45) is 5.92 Å². The van der Waals surface area contributed by atoms with Gasteiger partial charge in [-0.3, -0.25) is 4.79 Å². The van der Waals surface area contributed by atoms with Gasteiger partial charge in [0.1, 0.15) is 0 Å². The molecule has 100 valence electrons. The van der Waals surface area contributed by atoms with Crippen LogP contribution < -0.4 is 11.1 Å². The summed E-state index contributed by atoms with van der Waals surface area (Å²) >= 11 is 3.29. The highest BCUT2D eigenvalue weighted by molar-refractivity contribution is 9.10. The zero-order valence-electron chi connectivity index (χ0n) is 10.4. The molecule has 1 rings (SSSR count). The number of amides is 1. The van der Waals surface area contributed by atoms with Gasteiger partial charge in [0, 0.05) is 28.9 Å². The van der Waals surface area contributed by atoms with E-state index in [0.29, 0.717) is 30.1 Å². The first-order chi connectivity index (χ1) is 8.58. The molecular weight excluding hydrogens is 296 g/mol. The lowest BCUT2D eigenvalue weighted by molar-refractivity contribution is 0.0943. The summed E-state index contributed by atoms with van der Waals surface area (Å²) in [6, 6.07) is 5.13. The molecule has 0 saturated carbocycles. The molecule has 1 atom stereocenters. The van der Waals surface area contributed by atoms with Crippen LogP contribution in [0.4, 0.5) is 5.69 Å². The van der Waals surface area contributed by atoms with Gasteiger partial charge in [0.05, 0.1) is 0 Å². The quantitative estimate of drug-likeness (QED) is 0.704.